The fourth-order valence-corrected chi connectivity index (χ4v) is 1.86. The summed E-state index contributed by atoms with van der Waals surface area (Å²) >= 11 is 0. The summed E-state index contributed by atoms with van der Waals surface area (Å²) in [5, 5.41) is 0. The van der Waals surface area contributed by atoms with Crippen LogP contribution in [-0.4, -0.2) is 19.1 Å². The minimum absolute atomic E-state index is 0. The second-order valence-electron chi connectivity index (χ2n) is 3.10. The lowest BCUT2D eigenvalue weighted by atomic mass is 10.2. The molecule has 0 aromatic carbocycles. The molecule has 0 aromatic heterocycles. The van der Waals surface area contributed by atoms with Gasteiger partial charge in [0.2, 0.25) is 0 Å². The largest absolute Gasteiger partial charge is 1.00 e. The first-order valence-electron chi connectivity index (χ1n) is 3.69. The Hall–Kier alpha value is 0. The Morgan fingerprint density at radius 2 is 2.20 bits per heavy atom. The molecule has 3 atom stereocenters. The van der Waals surface area contributed by atoms with E-state index in [2.05, 4.69) is 18.9 Å². The summed E-state index contributed by atoms with van der Waals surface area (Å²) in [7, 11) is 2.27. The van der Waals surface area contributed by atoms with E-state index in [-0.39, 0.29) is 17.0 Å². The van der Waals surface area contributed by atoms with Crippen molar-refractivity contribution in [2.24, 2.45) is 0 Å². The number of hydrogen-bond donors (Lipinski definition) is 1. The molecule has 1 unspecified atom stereocenters. The van der Waals surface area contributed by atoms with Crippen LogP contribution in [0.3, 0.4) is 0 Å². The molecule has 0 aliphatic carbocycles. The Morgan fingerprint density at radius 3 is 2.80 bits per heavy atom. The van der Waals surface area contributed by atoms with Crippen molar-refractivity contribution in [3.63, 3.8) is 0 Å². The molecular formula is C8H12BrN. The lowest BCUT2D eigenvalue weighted by Gasteiger charge is -2.20. The highest BCUT2D eigenvalue weighted by atomic mass is 79.9. The maximum atomic E-state index is 3.27. The molecule has 10 heavy (non-hydrogen) atoms. The first kappa shape index (κ1) is 8.10. The van der Waals surface area contributed by atoms with Crippen molar-refractivity contribution < 1.29 is 21.9 Å². The second kappa shape index (κ2) is 2.94. The second-order valence-corrected chi connectivity index (χ2v) is 3.10. The van der Waals surface area contributed by atoms with Crippen LogP contribution in [-0.2, 0) is 0 Å². The van der Waals surface area contributed by atoms with E-state index in [1.54, 1.807) is 4.90 Å². The first-order chi connectivity index (χ1) is 4.38. The molecule has 2 heteroatoms. The van der Waals surface area contributed by atoms with Gasteiger partial charge in [-0.2, -0.15) is 0 Å². The zero-order chi connectivity index (χ0) is 6.27. The molecular weight excluding hydrogens is 190 g/mol. The molecule has 1 N–H and O–H groups in total. The number of rotatable bonds is 0. The number of halogens is 1. The van der Waals surface area contributed by atoms with Crippen LogP contribution in [0.25, 0.3) is 0 Å². The van der Waals surface area contributed by atoms with Crippen LogP contribution in [0.5, 0.6) is 0 Å². The summed E-state index contributed by atoms with van der Waals surface area (Å²) in [6, 6.07) is 1.56. The van der Waals surface area contributed by atoms with Crippen molar-refractivity contribution >= 4 is 0 Å². The van der Waals surface area contributed by atoms with E-state index in [9.17, 15) is 0 Å². The van der Waals surface area contributed by atoms with Gasteiger partial charge in [0, 0.05) is 12.8 Å². The zero-order valence-corrected chi connectivity index (χ0v) is 7.74. The van der Waals surface area contributed by atoms with Gasteiger partial charge >= 0.3 is 0 Å². The average Bonchev–Trinajstić information content (AvgIpc) is 2.19. The van der Waals surface area contributed by atoms with E-state index >= 15 is 0 Å². The van der Waals surface area contributed by atoms with E-state index in [0.717, 1.165) is 12.5 Å². The SMILES string of the molecule is C[NH+]1[C@@H]2CC#C[C@H]1CC2.[Br-]. The monoisotopic (exact) mass is 201 g/mol. The van der Waals surface area contributed by atoms with Gasteiger partial charge in [0.05, 0.1) is 19.5 Å². The van der Waals surface area contributed by atoms with Crippen LogP contribution in [0, 0.1) is 11.8 Å². The summed E-state index contributed by atoms with van der Waals surface area (Å²) in [4.78, 5) is 1.66. The summed E-state index contributed by atoms with van der Waals surface area (Å²) in [6.45, 7) is 0. The van der Waals surface area contributed by atoms with Gasteiger partial charge in [0.15, 0.2) is 0 Å². The van der Waals surface area contributed by atoms with Crippen LogP contribution < -0.4 is 21.9 Å². The lowest BCUT2D eigenvalue weighted by molar-refractivity contribution is -0.909. The summed E-state index contributed by atoms with van der Waals surface area (Å²) in [5.41, 5.74) is 0. The van der Waals surface area contributed by atoms with Gasteiger partial charge in [-0.25, -0.2) is 0 Å². The van der Waals surface area contributed by atoms with Crippen molar-refractivity contribution in [3.05, 3.63) is 0 Å². The van der Waals surface area contributed by atoms with Crippen LogP contribution in [0.4, 0.5) is 0 Å². The van der Waals surface area contributed by atoms with Crippen molar-refractivity contribution in [2.75, 3.05) is 7.05 Å². The third kappa shape index (κ3) is 1.09. The summed E-state index contributed by atoms with van der Waals surface area (Å²) < 4.78 is 0. The highest BCUT2D eigenvalue weighted by Gasteiger charge is 2.34. The highest BCUT2D eigenvalue weighted by Crippen LogP contribution is 2.11. The minimum atomic E-state index is 0. The maximum Gasteiger partial charge on any atom is 0.149 e. The van der Waals surface area contributed by atoms with E-state index in [0.29, 0.717) is 6.04 Å². The molecule has 1 fully saturated rings. The van der Waals surface area contributed by atoms with Crippen molar-refractivity contribution in [2.45, 2.75) is 31.3 Å². The molecule has 2 aliphatic heterocycles. The third-order valence-corrected chi connectivity index (χ3v) is 2.62. The number of fused-ring (bicyclic) bond motifs is 2. The molecule has 1 nitrogen and oxygen atoms in total. The fraction of sp³-hybridized carbons (Fsp3) is 0.750. The Morgan fingerprint density at radius 1 is 1.40 bits per heavy atom. The molecule has 0 radical (unpaired) electrons. The number of hydrogen-bond acceptors (Lipinski definition) is 0. The highest BCUT2D eigenvalue weighted by molar-refractivity contribution is 5.11. The van der Waals surface area contributed by atoms with Crippen molar-refractivity contribution in [3.8, 4) is 11.8 Å². The topological polar surface area (TPSA) is 4.44 Å². The molecule has 0 spiro atoms. The van der Waals surface area contributed by atoms with Gasteiger partial charge in [0.25, 0.3) is 0 Å². The first-order valence-corrected chi connectivity index (χ1v) is 3.69. The molecule has 0 aromatic rings. The van der Waals surface area contributed by atoms with Gasteiger partial charge in [-0.3, -0.25) is 0 Å². The van der Waals surface area contributed by atoms with Crippen molar-refractivity contribution in [1.29, 1.82) is 0 Å². The van der Waals surface area contributed by atoms with E-state index in [1.165, 1.54) is 12.8 Å². The van der Waals surface area contributed by atoms with Crippen LogP contribution in [0.15, 0.2) is 0 Å². The standard InChI is InChI=1S/C8H11N.BrH/c1-9-7-3-2-4-8(9)6-5-7;/h7-8H,3,5-6H2,1H3;1H/t7-,8+;/m1./s1. The van der Waals surface area contributed by atoms with E-state index in [1.807, 2.05) is 0 Å². The normalized spacial score (nSPS) is 41.5. The molecule has 56 valence electrons. The number of quaternary nitrogens is 1. The Kier molecular flexibility index (Phi) is 2.38. The Bertz CT molecular complexity index is 179. The summed E-state index contributed by atoms with van der Waals surface area (Å²) in [5.74, 6) is 6.48. The molecule has 2 aliphatic rings. The van der Waals surface area contributed by atoms with Gasteiger partial charge in [-0.05, 0) is 5.92 Å². The van der Waals surface area contributed by atoms with Crippen LogP contribution >= 0.6 is 0 Å². The minimum Gasteiger partial charge on any atom is -1.00 e. The van der Waals surface area contributed by atoms with E-state index < -0.39 is 0 Å². The molecule has 0 amide bonds. The van der Waals surface area contributed by atoms with Crippen LogP contribution in [0.1, 0.15) is 19.3 Å². The quantitative estimate of drug-likeness (QED) is 0.388. The van der Waals surface area contributed by atoms with Crippen molar-refractivity contribution in [1.82, 2.24) is 0 Å². The van der Waals surface area contributed by atoms with Gasteiger partial charge in [0.1, 0.15) is 6.04 Å². The van der Waals surface area contributed by atoms with Crippen LogP contribution in [0.2, 0.25) is 0 Å². The predicted molar refractivity (Wildman–Crippen MR) is 36.1 cm³/mol. The average molecular weight is 202 g/mol. The molecule has 1 saturated heterocycles. The van der Waals surface area contributed by atoms with E-state index in [4.69, 9.17) is 0 Å². The lowest BCUT2D eigenvalue weighted by Crippen LogP contribution is -3.14. The molecule has 0 saturated carbocycles. The molecule has 2 heterocycles. The molecule has 2 rings (SSSR count). The predicted octanol–water partition coefficient (Wildman–Crippen LogP) is -3.56. The van der Waals surface area contributed by atoms with Gasteiger partial charge in [-0.1, -0.05) is 5.92 Å². The maximum absolute atomic E-state index is 3.27. The fourth-order valence-electron chi connectivity index (χ4n) is 1.86. The summed E-state index contributed by atoms with van der Waals surface area (Å²) in [6.07, 6.45) is 3.86. The van der Waals surface area contributed by atoms with Gasteiger partial charge in [-0.15, -0.1) is 0 Å². The zero-order valence-electron chi connectivity index (χ0n) is 6.15. The smallest absolute Gasteiger partial charge is 0.149 e. The third-order valence-electron chi connectivity index (χ3n) is 2.62. The Balaban J connectivity index is 0.000000500. The van der Waals surface area contributed by atoms with Gasteiger partial charge < -0.3 is 21.9 Å². The molecule has 2 bridgehead atoms. The Labute approximate surface area is 72.6 Å². The number of nitrogens with one attached hydrogen (secondary N) is 1.